The smallest absolute Gasteiger partial charge is 0.162 e. The zero-order valence-corrected chi connectivity index (χ0v) is 12.1. The van der Waals surface area contributed by atoms with E-state index in [9.17, 15) is 5.11 Å². The molecule has 0 amide bonds. The molecule has 0 fully saturated rings. The van der Waals surface area contributed by atoms with Crippen LogP contribution >= 0.6 is 11.3 Å². The van der Waals surface area contributed by atoms with Crippen molar-refractivity contribution in [1.82, 2.24) is 0 Å². The number of ether oxygens (including phenoxy) is 1. The lowest BCUT2D eigenvalue weighted by Crippen LogP contribution is -1.93. The molecule has 0 aliphatic rings. The molecule has 3 rings (SSSR count). The number of phenols is 1. The second-order valence-electron chi connectivity index (χ2n) is 4.68. The van der Waals surface area contributed by atoms with Gasteiger partial charge in [0, 0.05) is 9.75 Å². The fourth-order valence-electron chi connectivity index (χ4n) is 2.16. The largest absolute Gasteiger partial charge is 0.504 e. The first-order valence-corrected chi connectivity index (χ1v) is 7.50. The van der Waals surface area contributed by atoms with E-state index in [0.29, 0.717) is 12.4 Å². The quantitative estimate of drug-likeness (QED) is 0.749. The summed E-state index contributed by atoms with van der Waals surface area (Å²) in [6, 6.07) is 15.8. The Labute approximate surface area is 122 Å². The van der Waals surface area contributed by atoms with E-state index in [4.69, 9.17) is 4.74 Å². The number of fused-ring (bicyclic) bond motifs is 1. The van der Waals surface area contributed by atoms with E-state index in [1.807, 2.05) is 30.3 Å². The average Bonchev–Trinajstić information content (AvgIpc) is 2.93. The number of phenolic OH excluding ortho intramolecular Hbond substituents is 1. The van der Waals surface area contributed by atoms with Crippen LogP contribution in [-0.2, 0) is 13.0 Å². The molecular formula is C17H16O2S. The summed E-state index contributed by atoms with van der Waals surface area (Å²) in [6.45, 7) is 2.64. The van der Waals surface area contributed by atoms with Crippen molar-refractivity contribution in [2.45, 2.75) is 20.0 Å². The molecule has 0 saturated heterocycles. The summed E-state index contributed by atoms with van der Waals surface area (Å²) in [4.78, 5) is 2.53. The highest BCUT2D eigenvalue weighted by Gasteiger charge is 2.06. The van der Waals surface area contributed by atoms with Gasteiger partial charge in [0.1, 0.15) is 6.61 Å². The van der Waals surface area contributed by atoms with Gasteiger partial charge in [-0.15, -0.1) is 11.3 Å². The van der Waals surface area contributed by atoms with Crippen molar-refractivity contribution in [2.24, 2.45) is 0 Å². The van der Waals surface area contributed by atoms with Gasteiger partial charge in [-0.2, -0.15) is 0 Å². The van der Waals surface area contributed by atoms with Crippen LogP contribution in [0.4, 0.5) is 0 Å². The number of rotatable bonds is 4. The standard InChI is InChI=1S/C17H16O2S/c1-2-14-7-8-15(20-14)11-19-17-10-13-6-4-3-5-12(13)9-16(17)18/h3-10,18H,2,11H2,1H3. The molecule has 20 heavy (non-hydrogen) atoms. The van der Waals surface area contributed by atoms with Gasteiger partial charge >= 0.3 is 0 Å². The first-order chi connectivity index (χ1) is 9.76. The molecule has 3 heteroatoms. The van der Waals surface area contributed by atoms with Crippen LogP contribution in [0.3, 0.4) is 0 Å². The second-order valence-corrected chi connectivity index (χ2v) is 5.93. The summed E-state index contributed by atoms with van der Waals surface area (Å²) in [6.07, 6.45) is 1.05. The summed E-state index contributed by atoms with van der Waals surface area (Å²) in [5, 5.41) is 12.1. The molecule has 1 aromatic heterocycles. The maximum atomic E-state index is 10.0. The molecule has 1 N–H and O–H groups in total. The molecule has 102 valence electrons. The van der Waals surface area contributed by atoms with Crippen molar-refractivity contribution in [2.75, 3.05) is 0 Å². The predicted molar refractivity (Wildman–Crippen MR) is 83.6 cm³/mol. The lowest BCUT2D eigenvalue weighted by atomic mass is 10.1. The summed E-state index contributed by atoms with van der Waals surface area (Å²) >= 11 is 1.75. The summed E-state index contributed by atoms with van der Waals surface area (Å²) < 4.78 is 5.75. The highest BCUT2D eigenvalue weighted by molar-refractivity contribution is 7.11. The molecule has 2 nitrogen and oxygen atoms in total. The van der Waals surface area contributed by atoms with E-state index < -0.39 is 0 Å². The van der Waals surface area contributed by atoms with Crippen LogP contribution in [0.1, 0.15) is 16.7 Å². The highest BCUT2D eigenvalue weighted by Crippen LogP contribution is 2.32. The second kappa shape index (κ2) is 5.55. The van der Waals surface area contributed by atoms with E-state index in [1.165, 1.54) is 9.75 Å². The minimum Gasteiger partial charge on any atom is -0.504 e. The Morgan fingerprint density at radius 2 is 1.70 bits per heavy atom. The molecule has 0 saturated carbocycles. The van der Waals surface area contributed by atoms with E-state index in [1.54, 1.807) is 17.4 Å². The summed E-state index contributed by atoms with van der Waals surface area (Å²) in [5.74, 6) is 0.728. The summed E-state index contributed by atoms with van der Waals surface area (Å²) in [7, 11) is 0. The minimum absolute atomic E-state index is 0.191. The van der Waals surface area contributed by atoms with Gasteiger partial charge in [-0.1, -0.05) is 31.2 Å². The maximum Gasteiger partial charge on any atom is 0.162 e. The van der Waals surface area contributed by atoms with Crippen molar-refractivity contribution < 1.29 is 9.84 Å². The number of thiophene rings is 1. The zero-order chi connectivity index (χ0) is 13.9. The van der Waals surface area contributed by atoms with Crippen LogP contribution in [0.2, 0.25) is 0 Å². The molecule has 0 atom stereocenters. The Bertz CT molecular complexity index is 731. The average molecular weight is 284 g/mol. The molecule has 0 bridgehead atoms. The molecule has 0 unspecified atom stereocenters. The van der Waals surface area contributed by atoms with Crippen molar-refractivity contribution in [3.05, 3.63) is 58.3 Å². The minimum atomic E-state index is 0.191. The Hall–Kier alpha value is -2.00. The van der Waals surface area contributed by atoms with Crippen LogP contribution in [0.15, 0.2) is 48.5 Å². The van der Waals surface area contributed by atoms with Crippen molar-refractivity contribution in [3.63, 3.8) is 0 Å². The topological polar surface area (TPSA) is 29.5 Å². The third kappa shape index (κ3) is 2.63. The first-order valence-electron chi connectivity index (χ1n) is 6.68. The van der Waals surface area contributed by atoms with Gasteiger partial charge in [-0.25, -0.2) is 0 Å². The molecule has 3 aromatic rings. The fraction of sp³-hybridized carbons (Fsp3) is 0.176. The number of hydrogen-bond donors (Lipinski definition) is 1. The van der Waals surface area contributed by atoms with Gasteiger partial charge < -0.3 is 9.84 Å². The maximum absolute atomic E-state index is 10.0. The lowest BCUT2D eigenvalue weighted by Gasteiger charge is -2.08. The van der Waals surface area contributed by atoms with Gasteiger partial charge in [0.05, 0.1) is 0 Å². The third-order valence-electron chi connectivity index (χ3n) is 3.26. The predicted octanol–water partition coefficient (Wildman–Crippen LogP) is 4.75. The molecular weight excluding hydrogens is 268 g/mol. The Balaban J connectivity index is 1.81. The van der Waals surface area contributed by atoms with Crippen LogP contribution in [-0.4, -0.2) is 5.11 Å². The number of hydrogen-bond acceptors (Lipinski definition) is 3. The highest BCUT2D eigenvalue weighted by atomic mass is 32.1. The number of aryl methyl sites for hydroxylation is 1. The van der Waals surface area contributed by atoms with E-state index in [-0.39, 0.29) is 5.75 Å². The van der Waals surface area contributed by atoms with Gasteiger partial charge in [0.2, 0.25) is 0 Å². The lowest BCUT2D eigenvalue weighted by molar-refractivity contribution is 0.292. The molecule has 0 radical (unpaired) electrons. The molecule has 1 heterocycles. The number of benzene rings is 2. The Morgan fingerprint density at radius 3 is 2.40 bits per heavy atom. The monoisotopic (exact) mass is 284 g/mol. The van der Waals surface area contributed by atoms with Crippen molar-refractivity contribution in [1.29, 1.82) is 0 Å². The van der Waals surface area contributed by atoms with E-state index >= 15 is 0 Å². The molecule has 0 aliphatic heterocycles. The van der Waals surface area contributed by atoms with Gasteiger partial charge in [-0.3, -0.25) is 0 Å². The van der Waals surface area contributed by atoms with Gasteiger partial charge in [-0.05, 0) is 41.5 Å². The fourth-order valence-corrected chi connectivity index (χ4v) is 3.03. The summed E-state index contributed by atoms with van der Waals surface area (Å²) in [5.41, 5.74) is 0. The van der Waals surface area contributed by atoms with E-state index in [2.05, 4.69) is 19.1 Å². The SMILES string of the molecule is CCc1ccc(COc2cc3ccccc3cc2O)s1. The zero-order valence-electron chi connectivity index (χ0n) is 11.3. The number of aromatic hydroxyl groups is 1. The van der Waals surface area contributed by atoms with Gasteiger partial charge in [0.15, 0.2) is 11.5 Å². The van der Waals surface area contributed by atoms with Crippen LogP contribution in [0.25, 0.3) is 10.8 Å². The third-order valence-corrected chi connectivity index (χ3v) is 4.47. The Morgan fingerprint density at radius 1 is 1.00 bits per heavy atom. The van der Waals surface area contributed by atoms with E-state index in [0.717, 1.165) is 17.2 Å². The van der Waals surface area contributed by atoms with Crippen LogP contribution in [0.5, 0.6) is 11.5 Å². The normalized spacial score (nSPS) is 10.8. The first kappa shape index (κ1) is 13.0. The molecule has 0 aliphatic carbocycles. The Kier molecular flexibility index (Phi) is 3.61. The molecule has 0 spiro atoms. The van der Waals surface area contributed by atoms with Crippen molar-refractivity contribution in [3.8, 4) is 11.5 Å². The van der Waals surface area contributed by atoms with Crippen molar-refractivity contribution >= 4 is 22.1 Å². The van der Waals surface area contributed by atoms with Crippen LogP contribution in [0, 0.1) is 0 Å². The van der Waals surface area contributed by atoms with Crippen LogP contribution < -0.4 is 4.74 Å². The van der Waals surface area contributed by atoms with Gasteiger partial charge in [0.25, 0.3) is 0 Å². The molecule has 2 aromatic carbocycles.